The van der Waals surface area contributed by atoms with Gasteiger partial charge in [-0.05, 0) is 75.5 Å². The lowest BCUT2D eigenvalue weighted by Crippen LogP contribution is -2.52. The van der Waals surface area contributed by atoms with Crippen molar-refractivity contribution in [2.24, 2.45) is 5.92 Å². The summed E-state index contributed by atoms with van der Waals surface area (Å²) >= 11 is 3.58. The van der Waals surface area contributed by atoms with Gasteiger partial charge in [0.2, 0.25) is 0 Å². The van der Waals surface area contributed by atoms with Crippen LogP contribution in [0.1, 0.15) is 64.3 Å². The molecule has 1 fully saturated rings. The van der Waals surface area contributed by atoms with Gasteiger partial charge in [0, 0.05) is 6.04 Å². The number of aliphatic hydroxyl groups excluding tert-OH is 1. The van der Waals surface area contributed by atoms with Gasteiger partial charge in [-0.25, -0.2) is 0 Å². The minimum absolute atomic E-state index is 0.193. The lowest BCUT2D eigenvalue weighted by atomic mass is 9.72. The first-order valence-electron chi connectivity index (χ1n) is 7.88. The highest BCUT2D eigenvalue weighted by molar-refractivity contribution is 9.10. The standard InChI is InChI=1S/C16H28BrN3O/c1-11(2)20-14(13(17)10-18-20)15(21)16(19(4)5)8-6-12(3)7-9-16/h10-12,15,21H,6-9H2,1-5H3. The maximum Gasteiger partial charge on any atom is 0.115 e. The highest BCUT2D eigenvalue weighted by Crippen LogP contribution is 2.45. The zero-order valence-corrected chi connectivity index (χ0v) is 15.4. The zero-order chi connectivity index (χ0) is 15.8. The average Bonchev–Trinajstić information content (AvgIpc) is 2.80. The molecule has 1 aromatic rings. The fourth-order valence-corrected chi connectivity index (χ4v) is 3.99. The molecule has 2 rings (SSSR count). The van der Waals surface area contributed by atoms with E-state index < -0.39 is 6.10 Å². The van der Waals surface area contributed by atoms with Crippen LogP contribution in [0.5, 0.6) is 0 Å². The van der Waals surface area contributed by atoms with Crippen molar-refractivity contribution in [1.82, 2.24) is 14.7 Å². The summed E-state index contributed by atoms with van der Waals surface area (Å²) in [5, 5.41) is 15.6. The molecule has 0 bridgehead atoms. The molecule has 5 heteroatoms. The van der Waals surface area contributed by atoms with E-state index >= 15 is 0 Å². The van der Waals surface area contributed by atoms with E-state index in [1.807, 2.05) is 4.68 Å². The minimum Gasteiger partial charge on any atom is -0.385 e. The Labute approximate surface area is 136 Å². The number of likely N-dealkylation sites (N-methyl/N-ethyl adjacent to an activating group) is 1. The van der Waals surface area contributed by atoms with Crippen molar-refractivity contribution in [1.29, 1.82) is 0 Å². The Morgan fingerprint density at radius 1 is 1.38 bits per heavy atom. The molecule has 0 saturated heterocycles. The van der Waals surface area contributed by atoms with Crippen LogP contribution in [0.4, 0.5) is 0 Å². The second-order valence-corrected chi connectivity index (χ2v) is 7.85. The fourth-order valence-electron chi connectivity index (χ4n) is 3.50. The predicted molar refractivity (Wildman–Crippen MR) is 89.3 cm³/mol. The van der Waals surface area contributed by atoms with Crippen LogP contribution in [0.15, 0.2) is 10.7 Å². The van der Waals surface area contributed by atoms with E-state index in [9.17, 15) is 5.11 Å². The van der Waals surface area contributed by atoms with Crippen molar-refractivity contribution in [2.75, 3.05) is 14.1 Å². The minimum atomic E-state index is -0.528. The Morgan fingerprint density at radius 3 is 2.43 bits per heavy atom. The fraction of sp³-hybridized carbons (Fsp3) is 0.812. The third-order valence-corrected chi connectivity index (χ3v) is 5.69. The second kappa shape index (κ2) is 6.39. The summed E-state index contributed by atoms with van der Waals surface area (Å²) in [6.07, 6.45) is 5.66. The normalized spacial score (nSPS) is 28.3. The van der Waals surface area contributed by atoms with E-state index in [1.165, 1.54) is 12.8 Å². The van der Waals surface area contributed by atoms with Gasteiger partial charge in [-0.2, -0.15) is 5.10 Å². The highest BCUT2D eigenvalue weighted by Gasteiger charge is 2.45. The maximum atomic E-state index is 11.2. The topological polar surface area (TPSA) is 41.3 Å². The van der Waals surface area contributed by atoms with E-state index in [0.29, 0.717) is 0 Å². The molecule has 1 aliphatic rings. The van der Waals surface area contributed by atoms with Crippen LogP contribution in [0, 0.1) is 5.92 Å². The van der Waals surface area contributed by atoms with Gasteiger partial charge < -0.3 is 10.0 Å². The van der Waals surface area contributed by atoms with Crippen molar-refractivity contribution in [3.05, 3.63) is 16.4 Å². The van der Waals surface area contributed by atoms with Gasteiger partial charge in [-0.3, -0.25) is 4.68 Å². The Bertz CT molecular complexity index is 476. The lowest BCUT2D eigenvalue weighted by molar-refractivity contribution is -0.0457. The van der Waals surface area contributed by atoms with Crippen molar-refractivity contribution in [3.63, 3.8) is 0 Å². The summed E-state index contributed by atoms with van der Waals surface area (Å²) in [5.41, 5.74) is 0.718. The molecular weight excluding hydrogens is 330 g/mol. The summed E-state index contributed by atoms with van der Waals surface area (Å²) in [6.45, 7) is 6.50. The van der Waals surface area contributed by atoms with Crippen LogP contribution in [0.3, 0.4) is 0 Å². The van der Waals surface area contributed by atoms with Crippen molar-refractivity contribution < 1.29 is 5.11 Å². The molecule has 1 N–H and O–H groups in total. The smallest absolute Gasteiger partial charge is 0.115 e. The molecule has 1 saturated carbocycles. The number of aliphatic hydroxyl groups is 1. The molecule has 1 heterocycles. The van der Waals surface area contributed by atoms with Crippen LogP contribution in [-0.2, 0) is 0 Å². The first-order chi connectivity index (χ1) is 9.79. The van der Waals surface area contributed by atoms with Crippen molar-refractivity contribution in [3.8, 4) is 0 Å². The summed E-state index contributed by atoms with van der Waals surface area (Å²) in [4.78, 5) is 2.22. The van der Waals surface area contributed by atoms with Crippen LogP contribution in [0.25, 0.3) is 0 Å². The molecule has 120 valence electrons. The zero-order valence-electron chi connectivity index (χ0n) is 13.8. The van der Waals surface area contributed by atoms with Gasteiger partial charge in [-0.1, -0.05) is 6.92 Å². The van der Waals surface area contributed by atoms with Crippen LogP contribution >= 0.6 is 15.9 Å². The summed E-state index contributed by atoms with van der Waals surface area (Å²) in [5.74, 6) is 0.753. The molecule has 0 spiro atoms. The number of aromatic nitrogens is 2. The summed E-state index contributed by atoms with van der Waals surface area (Å²) in [6, 6.07) is 0.239. The number of rotatable bonds is 4. The molecule has 0 radical (unpaired) electrons. The van der Waals surface area contributed by atoms with Gasteiger partial charge in [-0.15, -0.1) is 0 Å². The molecule has 1 aliphatic carbocycles. The molecule has 0 aromatic carbocycles. The monoisotopic (exact) mass is 357 g/mol. The molecule has 0 aliphatic heterocycles. The number of halogens is 1. The van der Waals surface area contributed by atoms with E-state index in [1.54, 1.807) is 6.20 Å². The third kappa shape index (κ3) is 3.06. The number of hydrogen-bond donors (Lipinski definition) is 1. The maximum absolute atomic E-state index is 11.2. The second-order valence-electron chi connectivity index (χ2n) is 7.00. The van der Waals surface area contributed by atoms with Gasteiger partial charge >= 0.3 is 0 Å². The summed E-state index contributed by atoms with van der Waals surface area (Å²) < 4.78 is 2.85. The SMILES string of the molecule is CC1CCC(C(O)c2c(Br)cnn2C(C)C)(N(C)C)CC1. The molecular formula is C16H28BrN3O. The Balaban J connectivity index is 2.40. The Kier molecular flexibility index (Phi) is 5.16. The van der Waals surface area contributed by atoms with Crippen molar-refractivity contribution in [2.45, 2.75) is 64.1 Å². The first kappa shape index (κ1) is 17.0. The van der Waals surface area contributed by atoms with Crippen LogP contribution in [0.2, 0.25) is 0 Å². The van der Waals surface area contributed by atoms with E-state index in [-0.39, 0.29) is 11.6 Å². The predicted octanol–water partition coefficient (Wildman–Crippen LogP) is 3.77. The molecule has 21 heavy (non-hydrogen) atoms. The number of hydrogen-bond acceptors (Lipinski definition) is 3. The molecule has 4 nitrogen and oxygen atoms in total. The Morgan fingerprint density at radius 2 is 1.95 bits per heavy atom. The van der Waals surface area contributed by atoms with Gasteiger partial charge in [0.05, 0.1) is 21.9 Å². The highest BCUT2D eigenvalue weighted by atomic mass is 79.9. The van der Waals surface area contributed by atoms with Gasteiger partial charge in [0.1, 0.15) is 6.10 Å². The number of nitrogens with zero attached hydrogens (tertiary/aromatic N) is 3. The van der Waals surface area contributed by atoms with Crippen LogP contribution < -0.4 is 0 Å². The molecule has 1 atom stereocenters. The lowest BCUT2D eigenvalue weighted by Gasteiger charge is -2.47. The quantitative estimate of drug-likeness (QED) is 0.891. The molecule has 0 amide bonds. The van der Waals surface area contributed by atoms with E-state index in [2.05, 4.69) is 60.8 Å². The van der Waals surface area contributed by atoms with Crippen molar-refractivity contribution >= 4 is 15.9 Å². The summed E-state index contributed by atoms with van der Waals surface area (Å²) in [7, 11) is 4.17. The average molecular weight is 358 g/mol. The largest absolute Gasteiger partial charge is 0.385 e. The third-order valence-electron chi connectivity index (χ3n) is 5.07. The Hall–Kier alpha value is -0.390. The molecule has 1 unspecified atom stereocenters. The first-order valence-corrected chi connectivity index (χ1v) is 8.67. The molecule has 1 aromatic heterocycles. The van der Waals surface area contributed by atoms with Gasteiger partial charge in [0.15, 0.2) is 0 Å². The van der Waals surface area contributed by atoms with Gasteiger partial charge in [0.25, 0.3) is 0 Å². The van der Waals surface area contributed by atoms with E-state index in [4.69, 9.17) is 0 Å². The van der Waals surface area contributed by atoms with E-state index in [0.717, 1.165) is 28.9 Å². The van der Waals surface area contributed by atoms with Crippen LogP contribution in [-0.4, -0.2) is 39.4 Å².